The third kappa shape index (κ3) is 2.67. The topological polar surface area (TPSA) is 73.0 Å². The van der Waals surface area contributed by atoms with Crippen LogP contribution in [-0.2, 0) is 9.05 Å². The van der Waals surface area contributed by atoms with Crippen molar-refractivity contribution < 1.29 is 17.2 Å². The Hall–Kier alpha value is -0.660. The molecule has 0 unspecified atom stereocenters. The van der Waals surface area contributed by atoms with Crippen molar-refractivity contribution in [1.29, 1.82) is 0 Å². The van der Waals surface area contributed by atoms with Crippen LogP contribution in [0.1, 0.15) is 12.1 Å². The van der Waals surface area contributed by atoms with Gasteiger partial charge in [0.1, 0.15) is 16.4 Å². The summed E-state index contributed by atoms with van der Waals surface area (Å²) in [4.78, 5) is 2.59. The number of rotatable bonds is 2. The van der Waals surface area contributed by atoms with Gasteiger partial charge in [0.15, 0.2) is 0 Å². The molecule has 0 aromatic carbocycles. The molecule has 0 radical (unpaired) electrons. The maximum absolute atomic E-state index is 12.3. The summed E-state index contributed by atoms with van der Waals surface area (Å²) in [6, 6.07) is 0.744. The van der Waals surface area contributed by atoms with E-state index < -0.39 is 36.9 Å². The predicted molar refractivity (Wildman–Crippen MR) is 51.7 cm³/mol. The lowest BCUT2D eigenvalue weighted by Gasteiger charge is -2.06. The molecular formula is C6H4Cl2F2N2O2S. The number of hydrogen-bond donors (Lipinski definition) is 1. The van der Waals surface area contributed by atoms with Crippen molar-refractivity contribution in [2.24, 2.45) is 0 Å². The van der Waals surface area contributed by atoms with E-state index in [1.54, 1.807) is 0 Å². The van der Waals surface area contributed by atoms with Crippen LogP contribution in [0.3, 0.4) is 0 Å². The quantitative estimate of drug-likeness (QED) is 0.841. The van der Waals surface area contributed by atoms with E-state index in [1.165, 1.54) is 0 Å². The fourth-order valence-electron chi connectivity index (χ4n) is 0.850. The van der Waals surface area contributed by atoms with Crippen molar-refractivity contribution in [2.75, 3.05) is 5.73 Å². The second-order valence-corrected chi connectivity index (χ2v) is 5.42. The lowest BCUT2D eigenvalue weighted by atomic mass is 10.3. The van der Waals surface area contributed by atoms with Gasteiger partial charge in [-0.05, 0) is 6.07 Å². The predicted octanol–water partition coefficient (Wildman–Crippen LogP) is 2.18. The van der Waals surface area contributed by atoms with Crippen molar-refractivity contribution in [3.8, 4) is 0 Å². The highest BCUT2D eigenvalue weighted by atomic mass is 35.7. The van der Waals surface area contributed by atoms with E-state index in [0.29, 0.717) is 0 Å². The van der Waals surface area contributed by atoms with E-state index in [4.69, 9.17) is 28.0 Å². The number of halogens is 4. The molecule has 0 spiro atoms. The van der Waals surface area contributed by atoms with Gasteiger partial charge < -0.3 is 5.73 Å². The second kappa shape index (κ2) is 4.07. The van der Waals surface area contributed by atoms with E-state index in [1.807, 2.05) is 0 Å². The Bertz CT molecular complexity index is 492. The number of alkyl halides is 2. The average molecular weight is 277 g/mol. The van der Waals surface area contributed by atoms with Crippen LogP contribution >= 0.6 is 22.3 Å². The van der Waals surface area contributed by atoms with Crippen LogP contribution in [0.5, 0.6) is 0 Å². The summed E-state index contributed by atoms with van der Waals surface area (Å²) < 4.78 is 46.3. The summed E-state index contributed by atoms with van der Waals surface area (Å²) in [7, 11) is 0.831. The lowest BCUT2D eigenvalue weighted by Crippen LogP contribution is -2.04. The molecule has 1 heterocycles. The van der Waals surface area contributed by atoms with E-state index in [-0.39, 0.29) is 0 Å². The van der Waals surface area contributed by atoms with Crippen LogP contribution in [0.15, 0.2) is 11.0 Å². The summed E-state index contributed by atoms with van der Waals surface area (Å²) in [5, 5.41) is -0.501. The largest absolute Gasteiger partial charge is 0.383 e. The number of anilines is 1. The molecule has 4 nitrogen and oxygen atoms in total. The Labute approximate surface area is 93.4 Å². The highest BCUT2D eigenvalue weighted by Crippen LogP contribution is 2.31. The molecule has 9 heteroatoms. The van der Waals surface area contributed by atoms with Gasteiger partial charge in [-0.25, -0.2) is 22.2 Å². The molecule has 1 aromatic rings. The van der Waals surface area contributed by atoms with Crippen LogP contribution in [0.25, 0.3) is 0 Å². The van der Waals surface area contributed by atoms with Crippen LogP contribution in [-0.4, -0.2) is 13.4 Å². The normalized spacial score (nSPS) is 12.1. The molecular weight excluding hydrogens is 273 g/mol. The Morgan fingerprint density at radius 1 is 1.47 bits per heavy atom. The summed E-state index contributed by atoms with van der Waals surface area (Å²) >= 11 is 5.38. The molecule has 0 aliphatic rings. The maximum Gasteiger partial charge on any atom is 0.281 e. The number of pyridine rings is 1. The van der Waals surface area contributed by atoms with Gasteiger partial charge in [0.2, 0.25) is 0 Å². The Kier molecular flexibility index (Phi) is 3.37. The minimum atomic E-state index is -4.14. The number of hydrogen-bond acceptors (Lipinski definition) is 4. The highest BCUT2D eigenvalue weighted by molar-refractivity contribution is 8.13. The molecule has 0 aliphatic heterocycles. The Morgan fingerprint density at radius 3 is 2.40 bits per heavy atom. The zero-order valence-corrected chi connectivity index (χ0v) is 9.24. The molecule has 0 saturated carbocycles. The first-order chi connectivity index (χ1) is 6.73. The van der Waals surface area contributed by atoms with Crippen molar-refractivity contribution >= 4 is 37.2 Å². The Morgan fingerprint density at radius 2 is 2.00 bits per heavy atom. The van der Waals surface area contributed by atoms with E-state index in [0.717, 1.165) is 6.07 Å². The fourth-order valence-corrected chi connectivity index (χ4v) is 2.07. The molecule has 0 atom stereocenters. The molecule has 0 fully saturated rings. The second-order valence-electron chi connectivity index (χ2n) is 2.48. The minimum Gasteiger partial charge on any atom is -0.383 e. The first-order valence-electron chi connectivity index (χ1n) is 3.42. The first-order valence-corrected chi connectivity index (χ1v) is 6.11. The standard InChI is InChI=1S/C6H4Cl2F2N2O2S/c7-2-1-3(15(8,13)14)6(11)12-4(2)5(9)10/h1,5H,(H2,11,12). The number of nitrogens with two attached hydrogens (primary N) is 1. The van der Waals surface area contributed by atoms with Crippen LogP contribution in [0.2, 0.25) is 5.02 Å². The van der Waals surface area contributed by atoms with Crippen molar-refractivity contribution in [3.63, 3.8) is 0 Å². The van der Waals surface area contributed by atoms with Crippen LogP contribution in [0.4, 0.5) is 14.6 Å². The van der Waals surface area contributed by atoms with Crippen LogP contribution < -0.4 is 5.73 Å². The van der Waals surface area contributed by atoms with Gasteiger partial charge in [0, 0.05) is 10.7 Å². The number of nitrogens with zero attached hydrogens (tertiary/aromatic N) is 1. The zero-order valence-electron chi connectivity index (χ0n) is 6.92. The number of aromatic nitrogens is 1. The molecule has 1 aromatic heterocycles. The fraction of sp³-hybridized carbons (Fsp3) is 0.167. The molecule has 2 N–H and O–H groups in total. The Balaban J connectivity index is 3.46. The summed E-state index contributed by atoms with van der Waals surface area (Å²) in [5.74, 6) is -0.607. The van der Waals surface area contributed by atoms with Crippen molar-refractivity contribution in [3.05, 3.63) is 16.8 Å². The number of nitrogen functional groups attached to an aromatic ring is 1. The first kappa shape index (κ1) is 12.4. The van der Waals surface area contributed by atoms with E-state index >= 15 is 0 Å². The zero-order chi connectivity index (χ0) is 11.8. The summed E-state index contributed by atoms with van der Waals surface area (Å²) in [6.45, 7) is 0. The molecule has 15 heavy (non-hydrogen) atoms. The van der Waals surface area contributed by atoms with Crippen molar-refractivity contribution in [1.82, 2.24) is 4.98 Å². The van der Waals surface area contributed by atoms with Gasteiger partial charge in [-0.1, -0.05) is 11.6 Å². The third-order valence-electron chi connectivity index (χ3n) is 1.47. The molecule has 0 amide bonds. The average Bonchev–Trinajstić information content (AvgIpc) is 2.06. The molecule has 1 rings (SSSR count). The van der Waals surface area contributed by atoms with E-state index in [9.17, 15) is 17.2 Å². The lowest BCUT2D eigenvalue weighted by molar-refractivity contribution is 0.146. The van der Waals surface area contributed by atoms with Gasteiger partial charge in [0.05, 0.1) is 5.02 Å². The summed E-state index contributed by atoms with van der Waals surface area (Å²) in [5.41, 5.74) is 4.37. The monoisotopic (exact) mass is 276 g/mol. The smallest absolute Gasteiger partial charge is 0.281 e. The van der Waals surface area contributed by atoms with E-state index in [2.05, 4.69) is 4.98 Å². The summed E-state index contributed by atoms with van der Waals surface area (Å²) in [6.07, 6.45) is -2.94. The minimum absolute atomic E-state index is 0.501. The highest BCUT2D eigenvalue weighted by Gasteiger charge is 2.22. The maximum atomic E-state index is 12.3. The van der Waals surface area contributed by atoms with Gasteiger partial charge in [0.25, 0.3) is 15.5 Å². The van der Waals surface area contributed by atoms with Gasteiger partial charge in [-0.3, -0.25) is 0 Å². The molecule has 84 valence electrons. The molecule has 0 saturated heterocycles. The van der Waals surface area contributed by atoms with Gasteiger partial charge >= 0.3 is 0 Å². The van der Waals surface area contributed by atoms with Crippen molar-refractivity contribution in [2.45, 2.75) is 11.3 Å². The van der Waals surface area contributed by atoms with Gasteiger partial charge in [-0.2, -0.15) is 0 Å². The van der Waals surface area contributed by atoms with Gasteiger partial charge in [-0.15, -0.1) is 0 Å². The third-order valence-corrected chi connectivity index (χ3v) is 3.12. The molecule has 0 aliphatic carbocycles. The molecule has 0 bridgehead atoms. The van der Waals surface area contributed by atoms with Crippen LogP contribution in [0, 0.1) is 0 Å². The SMILES string of the molecule is Nc1nc(C(F)F)c(Cl)cc1S(=O)(=O)Cl.